The van der Waals surface area contributed by atoms with Gasteiger partial charge in [0.05, 0.1) is 17.8 Å². The molecule has 0 spiro atoms. The summed E-state index contributed by atoms with van der Waals surface area (Å²) >= 11 is 11.8. The van der Waals surface area contributed by atoms with Crippen LogP contribution in [-0.4, -0.2) is 52.5 Å². The average molecular weight is 443 g/mol. The zero-order valence-electron chi connectivity index (χ0n) is 15.6. The number of hydrogen-bond acceptors (Lipinski definition) is 5. The maximum atomic E-state index is 12.6. The van der Waals surface area contributed by atoms with Gasteiger partial charge in [-0.25, -0.2) is 13.8 Å². The fourth-order valence-electron chi connectivity index (χ4n) is 2.20. The molecule has 150 valence electrons. The van der Waals surface area contributed by atoms with Crippen molar-refractivity contribution >= 4 is 51.0 Å². The van der Waals surface area contributed by atoms with Crippen LogP contribution >= 0.6 is 23.2 Å². The van der Waals surface area contributed by atoms with Gasteiger partial charge >= 0.3 is 0 Å². The predicted octanol–water partition coefficient (Wildman–Crippen LogP) is 2.83. The standard InChI is InChI=1S/C18H20Cl2N4O3S/c1-23(2)15-7-4-13(5-8-15)11-21-22-18(25)12-24(3)28(26,27)17-10-14(19)6-9-16(17)20/h4-11H,12H2,1-3H3,(H,22,25)/b21-11-. The minimum Gasteiger partial charge on any atom is -0.378 e. The van der Waals surface area contributed by atoms with Crippen LogP contribution in [0.1, 0.15) is 5.56 Å². The van der Waals surface area contributed by atoms with E-state index in [-0.39, 0.29) is 14.9 Å². The summed E-state index contributed by atoms with van der Waals surface area (Å²) in [5.41, 5.74) is 4.13. The summed E-state index contributed by atoms with van der Waals surface area (Å²) in [4.78, 5) is 13.8. The van der Waals surface area contributed by atoms with Crippen LogP contribution < -0.4 is 10.3 Å². The molecule has 0 heterocycles. The fraction of sp³-hybridized carbons (Fsp3) is 0.222. The zero-order valence-corrected chi connectivity index (χ0v) is 17.9. The van der Waals surface area contributed by atoms with Crippen LogP contribution in [0.2, 0.25) is 10.0 Å². The number of rotatable bonds is 7. The SMILES string of the molecule is CN(C)c1ccc(/C=N\NC(=O)CN(C)S(=O)(=O)c2cc(Cl)ccc2Cl)cc1. The summed E-state index contributed by atoms with van der Waals surface area (Å²) in [5, 5.41) is 4.10. The maximum Gasteiger partial charge on any atom is 0.255 e. The van der Waals surface area contributed by atoms with Crippen LogP contribution in [-0.2, 0) is 14.8 Å². The molecule has 0 bridgehead atoms. The molecule has 0 aliphatic heterocycles. The number of likely N-dealkylation sites (N-methyl/N-ethyl adjacent to an activating group) is 1. The number of carbonyl (C=O) groups is 1. The Morgan fingerprint density at radius 2 is 1.75 bits per heavy atom. The van der Waals surface area contributed by atoms with E-state index in [0.29, 0.717) is 0 Å². The van der Waals surface area contributed by atoms with Gasteiger partial charge in [-0.05, 0) is 35.9 Å². The molecular weight excluding hydrogens is 423 g/mol. The maximum absolute atomic E-state index is 12.6. The number of sulfonamides is 1. The van der Waals surface area contributed by atoms with E-state index in [4.69, 9.17) is 23.2 Å². The number of hydrazone groups is 1. The Morgan fingerprint density at radius 3 is 2.36 bits per heavy atom. The molecule has 2 rings (SSSR count). The molecule has 0 aliphatic carbocycles. The van der Waals surface area contributed by atoms with E-state index in [9.17, 15) is 13.2 Å². The minimum absolute atomic E-state index is 0.0239. The van der Waals surface area contributed by atoms with E-state index < -0.39 is 22.5 Å². The van der Waals surface area contributed by atoms with Crippen molar-refractivity contribution in [2.75, 3.05) is 32.6 Å². The van der Waals surface area contributed by atoms with Crippen LogP contribution in [0.15, 0.2) is 52.5 Å². The van der Waals surface area contributed by atoms with Gasteiger partial charge in [-0.2, -0.15) is 9.41 Å². The van der Waals surface area contributed by atoms with Crippen LogP contribution in [0.4, 0.5) is 5.69 Å². The summed E-state index contributed by atoms with van der Waals surface area (Å²) < 4.78 is 26.0. The number of anilines is 1. The number of benzene rings is 2. The molecule has 1 amide bonds. The van der Waals surface area contributed by atoms with Crippen LogP contribution in [0.5, 0.6) is 0 Å². The first kappa shape index (κ1) is 22.2. The van der Waals surface area contributed by atoms with Crippen molar-refractivity contribution in [3.05, 3.63) is 58.1 Å². The summed E-state index contributed by atoms with van der Waals surface area (Å²) in [5.74, 6) is -0.592. The monoisotopic (exact) mass is 442 g/mol. The molecule has 2 aromatic rings. The zero-order chi connectivity index (χ0) is 20.9. The first-order chi connectivity index (χ1) is 13.1. The molecule has 0 fully saturated rings. The molecule has 10 heteroatoms. The van der Waals surface area contributed by atoms with Crippen molar-refractivity contribution in [3.63, 3.8) is 0 Å². The van der Waals surface area contributed by atoms with E-state index in [1.165, 1.54) is 31.5 Å². The molecule has 0 aromatic heterocycles. The van der Waals surface area contributed by atoms with Crippen molar-refractivity contribution in [3.8, 4) is 0 Å². The fourth-order valence-corrected chi connectivity index (χ4v) is 4.06. The van der Waals surface area contributed by atoms with Crippen molar-refractivity contribution in [1.82, 2.24) is 9.73 Å². The van der Waals surface area contributed by atoms with E-state index >= 15 is 0 Å². The summed E-state index contributed by atoms with van der Waals surface area (Å²) in [6, 6.07) is 11.6. The topological polar surface area (TPSA) is 82.1 Å². The second-order valence-corrected chi connectivity index (χ2v) is 8.97. The van der Waals surface area contributed by atoms with Gasteiger partial charge in [0.1, 0.15) is 4.90 Å². The smallest absolute Gasteiger partial charge is 0.255 e. The van der Waals surface area contributed by atoms with Gasteiger partial charge in [0, 0.05) is 31.9 Å². The highest BCUT2D eigenvalue weighted by Crippen LogP contribution is 2.27. The molecule has 2 aromatic carbocycles. The average Bonchev–Trinajstić information content (AvgIpc) is 2.64. The van der Waals surface area contributed by atoms with Gasteiger partial charge in [0.25, 0.3) is 5.91 Å². The highest BCUT2D eigenvalue weighted by molar-refractivity contribution is 7.89. The second kappa shape index (κ2) is 9.38. The highest BCUT2D eigenvalue weighted by Gasteiger charge is 2.25. The lowest BCUT2D eigenvalue weighted by Crippen LogP contribution is -2.36. The Bertz CT molecular complexity index is 977. The Balaban J connectivity index is 1.99. The normalized spacial score (nSPS) is 11.8. The quantitative estimate of drug-likeness (QED) is 0.527. The number of halogens is 2. The van der Waals surface area contributed by atoms with Crippen LogP contribution in [0.25, 0.3) is 0 Å². The lowest BCUT2D eigenvalue weighted by molar-refractivity contribution is -0.121. The minimum atomic E-state index is -3.98. The van der Waals surface area contributed by atoms with E-state index in [1.807, 2.05) is 43.3 Å². The summed E-state index contributed by atoms with van der Waals surface area (Å²) in [6.45, 7) is -0.428. The molecule has 28 heavy (non-hydrogen) atoms. The molecule has 0 saturated heterocycles. The highest BCUT2D eigenvalue weighted by atomic mass is 35.5. The Hall–Kier alpha value is -2.13. The summed E-state index contributed by atoms with van der Waals surface area (Å²) in [7, 11) is 1.17. The lowest BCUT2D eigenvalue weighted by atomic mass is 10.2. The second-order valence-electron chi connectivity index (χ2n) is 6.11. The van der Waals surface area contributed by atoms with Crippen LogP contribution in [0, 0.1) is 0 Å². The van der Waals surface area contributed by atoms with Gasteiger partial charge in [-0.1, -0.05) is 35.3 Å². The molecule has 0 unspecified atom stereocenters. The number of amides is 1. The first-order valence-electron chi connectivity index (χ1n) is 8.12. The Labute approximate surface area is 174 Å². The molecular formula is C18H20Cl2N4O3S. The Kier molecular flexibility index (Phi) is 7.42. The number of hydrogen-bond donors (Lipinski definition) is 1. The van der Waals surface area contributed by atoms with Gasteiger partial charge in [0.2, 0.25) is 10.0 Å². The van der Waals surface area contributed by atoms with Crippen LogP contribution in [0.3, 0.4) is 0 Å². The molecule has 0 saturated carbocycles. The third-order valence-electron chi connectivity index (χ3n) is 3.76. The summed E-state index contributed by atoms with van der Waals surface area (Å²) in [6.07, 6.45) is 1.47. The molecule has 0 aliphatic rings. The van der Waals surface area contributed by atoms with Gasteiger partial charge < -0.3 is 4.90 Å². The third-order valence-corrected chi connectivity index (χ3v) is 6.28. The van der Waals surface area contributed by atoms with E-state index in [0.717, 1.165) is 15.6 Å². The van der Waals surface area contributed by atoms with Gasteiger partial charge in [-0.15, -0.1) is 0 Å². The van der Waals surface area contributed by atoms with Crippen molar-refractivity contribution in [1.29, 1.82) is 0 Å². The van der Waals surface area contributed by atoms with Crippen molar-refractivity contribution < 1.29 is 13.2 Å². The van der Waals surface area contributed by atoms with E-state index in [1.54, 1.807) is 0 Å². The Morgan fingerprint density at radius 1 is 1.11 bits per heavy atom. The molecule has 0 radical (unpaired) electrons. The van der Waals surface area contributed by atoms with Crippen molar-refractivity contribution in [2.45, 2.75) is 4.90 Å². The molecule has 7 nitrogen and oxygen atoms in total. The number of nitrogens with one attached hydrogen (secondary N) is 1. The van der Waals surface area contributed by atoms with Gasteiger partial charge in [-0.3, -0.25) is 4.79 Å². The lowest BCUT2D eigenvalue weighted by Gasteiger charge is -2.17. The van der Waals surface area contributed by atoms with Gasteiger partial charge in [0.15, 0.2) is 0 Å². The van der Waals surface area contributed by atoms with Crippen molar-refractivity contribution in [2.24, 2.45) is 5.10 Å². The molecule has 0 atom stereocenters. The van der Waals surface area contributed by atoms with E-state index in [2.05, 4.69) is 10.5 Å². The predicted molar refractivity (Wildman–Crippen MR) is 113 cm³/mol. The first-order valence-corrected chi connectivity index (χ1v) is 10.3. The molecule has 1 N–H and O–H groups in total. The largest absolute Gasteiger partial charge is 0.378 e. The third kappa shape index (κ3) is 5.68. The number of nitrogens with zero attached hydrogens (tertiary/aromatic N) is 3. The number of carbonyl (C=O) groups excluding carboxylic acids is 1.